The lowest BCUT2D eigenvalue weighted by atomic mass is 10.1. The van der Waals surface area contributed by atoms with Gasteiger partial charge in [0, 0.05) is 17.7 Å². The van der Waals surface area contributed by atoms with Crippen molar-refractivity contribution in [2.75, 3.05) is 6.79 Å². The summed E-state index contributed by atoms with van der Waals surface area (Å²) >= 11 is 0. The van der Waals surface area contributed by atoms with Crippen LogP contribution in [0.3, 0.4) is 0 Å². The maximum Gasteiger partial charge on any atom is 0.333 e. The minimum absolute atomic E-state index is 0.101. The van der Waals surface area contributed by atoms with Crippen molar-refractivity contribution >= 4 is 23.8 Å². The average Bonchev–Trinajstić information content (AvgIpc) is 2.82. The molecule has 0 unspecified atom stereocenters. The van der Waals surface area contributed by atoms with Gasteiger partial charge in [0.2, 0.25) is 6.79 Å². The third kappa shape index (κ3) is 8.97. The van der Waals surface area contributed by atoms with Gasteiger partial charge >= 0.3 is 11.9 Å². The van der Waals surface area contributed by atoms with Crippen molar-refractivity contribution in [3.63, 3.8) is 0 Å². The van der Waals surface area contributed by atoms with Crippen molar-refractivity contribution in [1.82, 2.24) is 0 Å². The van der Waals surface area contributed by atoms with E-state index in [9.17, 15) is 14.4 Å². The molecule has 0 aromatic heterocycles. The number of rotatable bonds is 10. The summed E-state index contributed by atoms with van der Waals surface area (Å²) in [5.74, 6) is 5.01. The number of hydrogen-bond donors (Lipinski definition) is 0. The lowest BCUT2D eigenvalue weighted by Crippen LogP contribution is -2.09. The smallest absolute Gasteiger partial charge is 0.333 e. The normalized spacial score (nSPS) is 9.88. The number of carbonyl (C=O) groups is 3. The Morgan fingerprint density at radius 1 is 0.875 bits per heavy atom. The summed E-state index contributed by atoms with van der Waals surface area (Å²) in [6.07, 6.45) is 5.21. The molecule has 0 aliphatic heterocycles. The fourth-order valence-electron chi connectivity index (χ4n) is 2.25. The molecule has 0 saturated carbocycles. The van der Waals surface area contributed by atoms with Crippen LogP contribution in [0, 0.1) is 11.8 Å². The fourth-order valence-corrected chi connectivity index (χ4v) is 2.25. The molecule has 0 aliphatic carbocycles. The molecule has 0 heterocycles. The van der Waals surface area contributed by atoms with Gasteiger partial charge in [0.05, 0.1) is 6.42 Å². The molecule has 32 heavy (non-hydrogen) atoms. The van der Waals surface area contributed by atoms with E-state index in [4.69, 9.17) is 9.47 Å². The van der Waals surface area contributed by atoms with Crippen molar-refractivity contribution < 1.29 is 28.6 Å². The molecule has 6 heteroatoms. The Balaban J connectivity index is 1.79. The zero-order chi connectivity index (χ0) is 23.2. The van der Waals surface area contributed by atoms with Crippen LogP contribution in [-0.4, -0.2) is 24.5 Å². The zero-order valence-electron chi connectivity index (χ0n) is 17.4. The molecule has 0 aliphatic rings. The molecule has 0 radical (unpaired) electrons. The SMILES string of the molecule is C=CC(=O)CC#Cc1ccc(COc2ccc(/C=C/C(=O)OCOC(=O)C=C)cc2)cc1. The lowest BCUT2D eigenvalue weighted by Gasteiger charge is -2.07. The number of carbonyl (C=O) groups excluding carboxylic acids is 3. The van der Waals surface area contributed by atoms with Gasteiger partial charge in [0.25, 0.3) is 0 Å². The van der Waals surface area contributed by atoms with Crippen LogP contribution in [0.4, 0.5) is 0 Å². The molecule has 0 N–H and O–H groups in total. The van der Waals surface area contributed by atoms with Gasteiger partial charge in [-0.3, -0.25) is 4.79 Å². The lowest BCUT2D eigenvalue weighted by molar-refractivity contribution is -0.160. The van der Waals surface area contributed by atoms with Gasteiger partial charge in [0.15, 0.2) is 5.78 Å². The highest BCUT2D eigenvalue weighted by Crippen LogP contribution is 2.15. The Hall–Kier alpha value is -4.37. The van der Waals surface area contributed by atoms with Crippen LogP contribution in [0.15, 0.2) is 79.9 Å². The second-order valence-electron chi connectivity index (χ2n) is 6.29. The van der Waals surface area contributed by atoms with Crippen LogP contribution >= 0.6 is 0 Å². The molecule has 0 atom stereocenters. The Morgan fingerprint density at radius 2 is 1.56 bits per heavy atom. The molecule has 0 spiro atoms. The zero-order valence-corrected chi connectivity index (χ0v) is 17.4. The first kappa shape index (κ1) is 23.9. The van der Waals surface area contributed by atoms with E-state index in [0.717, 1.165) is 22.8 Å². The number of allylic oxidation sites excluding steroid dienone is 1. The molecule has 0 bridgehead atoms. The molecular weight excluding hydrogens is 408 g/mol. The van der Waals surface area contributed by atoms with Crippen LogP contribution in [0.2, 0.25) is 0 Å². The van der Waals surface area contributed by atoms with Gasteiger partial charge in [-0.15, -0.1) is 0 Å². The Kier molecular flexibility index (Phi) is 9.74. The van der Waals surface area contributed by atoms with E-state index >= 15 is 0 Å². The number of ketones is 1. The summed E-state index contributed by atoms with van der Waals surface area (Å²) in [6, 6.07) is 14.7. The van der Waals surface area contributed by atoms with E-state index in [0.29, 0.717) is 12.4 Å². The number of benzene rings is 2. The molecule has 162 valence electrons. The quantitative estimate of drug-likeness (QED) is 0.245. The predicted molar refractivity (Wildman–Crippen MR) is 120 cm³/mol. The summed E-state index contributed by atoms with van der Waals surface area (Å²) in [4.78, 5) is 33.6. The van der Waals surface area contributed by atoms with E-state index < -0.39 is 18.7 Å². The largest absolute Gasteiger partial charge is 0.489 e. The summed E-state index contributed by atoms with van der Waals surface area (Å²) in [5.41, 5.74) is 2.57. The van der Waals surface area contributed by atoms with Crippen molar-refractivity contribution in [3.8, 4) is 17.6 Å². The highest BCUT2D eigenvalue weighted by molar-refractivity contribution is 5.91. The maximum absolute atomic E-state index is 11.6. The predicted octanol–water partition coefficient (Wildman–Crippen LogP) is 4.01. The minimum atomic E-state index is -0.668. The molecular formula is C26H22O6. The van der Waals surface area contributed by atoms with Crippen LogP contribution in [-0.2, 0) is 30.5 Å². The van der Waals surface area contributed by atoms with Crippen molar-refractivity contribution in [2.24, 2.45) is 0 Å². The Morgan fingerprint density at radius 3 is 2.22 bits per heavy atom. The summed E-state index contributed by atoms with van der Waals surface area (Å²) < 4.78 is 15.0. The third-order valence-electron chi connectivity index (χ3n) is 3.94. The first-order valence-corrected chi connectivity index (χ1v) is 9.60. The molecule has 0 fully saturated rings. The van der Waals surface area contributed by atoms with Crippen LogP contribution in [0.5, 0.6) is 5.75 Å². The van der Waals surface area contributed by atoms with Gasteiger partial charge in [-0.05, 0) is 47.5 Å². The van der Waals surface area contributed by atoms with E-state index in [2.05, 4.69) is 29.7 Å². The van der Waals surface area contributed by atoms with Crippen LogP contribution < -0.4 is 4.74 Å². The maximum atomic E-state index is 11.6. The molecule has 0 saturated heterocycles. The van der Waals surface area contributed by atoms with Crippen molar-refractivity contribution in [1.29, 1.82) is 0 Å². The third-order valence-corrected chi connectivity index (χ3v) is 3.94. The number of hydrogen-bond acceptors (Lipinski definition) is 6. The summed E-state index contributed by atoms with van der Waals surface area (Å²) in [6.45, 7) is 6.56. The summed E-state index contributed by atoms with van der Waals surface area (Å²) in [5, 5.41) is 0. The highest BCUT2D eigenvalue weighted by Gasteiger charge is 2.01. The van der Waals surface area contributed by atoms with Gasteiger partial charge in [-0.1, -0.05) is 49.3 Å². The van der Waals surface area contributed by atoms with Gasteiger partial charge in [0.1, 0.15) is 12.4 Å². The number of esters is 2. The Labute approximate surface area is 186 Å². The van der Waals surface area contributed by atoms with Gasteiger partial charge in [-0.2, -0.15) is 0 Å². The topological polar surface area (TPSA) is 78.9 Å². The van der Waals surface area contributed by atoms with E-state index in [-0.39, 0.29) is 12.2 Å². The standard InChI is InChI=1S/C26H22O6/c1-3-23(27)7-5-6-20-8-10-22(11-9-20)18-30-24-15-12-21(13-16-24)14-17-26(29)32-19-31-25(28)4-2/h3-4,8-17H,1-2,7,18-19H2/b17-14+. The second-order valence-corrected chi connectivity index (χ2v) is 6.29. The average molecular weight is 430 g/mol. The van der Waals surface area contributed by atoms with Crippen molar-refractivity contribution in [3.05, 3.63) is 96.6 Å². The van der Waals surface area contributed by atoms with Gasteiger partial charge < -0.3 is 14.2 Å². The van der Waals surface area contributed by atoms with Gasteiger partial charge in [-0.25, -0.2) is 9.59 Å². The Bertz CT molecular complexity index is 1050. The fraction of sp³-hybridized carbons (Fsp3) is 0.115. The first-order chi connectivity index (χ1) is 15.5. The molecule has 2 aromatic rings. The number of ether oxygens (including phenoxy) is 3. The molecule has 6 nitrogen and oxygen atoms in total. The summed E-state index contributed by atoms with van der Waals surface area (Å²) in [7, 11) is 0. The highest BCUT2D eigenvalue weighted by atomic mass is 16.7. The van der Waals surface area contributed by atoms with Crippen LogP contribution in [0.25, 0.3) is 6.08 Å². The minimum Gasteiger partial charge on any atom is -0.489 e. The molecule has 2 rings (SSSR count). The molecule has 2 aromatic carbocycles. The molecule has 0 amide bonds. The van der Waals surface area contributed by atoms with E-state index in [1.807, 2.05) is 24.3 Å². The first-order valence-electron chi connectivity index (χ1n) is 9.60. The monoisotopic (exact) mass is 430 g/mol. The van der Waals surface area contributed by atoms with Crippen LogP contribution in [0.1, 0.15) is 23.1 Å². The van der Waals surface area contributed by atoms with Crippen molar-refractivity contribution in [2.45, 2.75) is 13.0 Å². The van der Waals surface area contributed by atoms with E-state index in [1.54, 1.807) is 30.3 Å². The van der Waals surface area contributed by atoms with E-state index in [1.165, 1.54) is 12.2 Å². The second kappa shape index (κ2) is 13.0.